The lowest BCUT2D eigenvalue weighted by Crippen LogP contribution is -2.53. The predicted molar refractivity (Wildman–Crippen MR) is 173 cm³/mol. The minimum atomic E-state index is -4.28. The number of hydrogen-bond acceptors (Lipinski definition) is 5. The van der Waals surface area contributed by atoms with Crippen LogP contribution >= 0.6 is 11.6 Å². The molecule has 0 saturated carbocycles. The molecule has 0 heterocycles. The van der Waals surface area contributed by atoms with Gasteiger partial charge in [-0.2, -0.15) is 0 Å². The molecule has 236 valence electrons. The van der Waals surface area contributed by atoms with Crippen LogP contribution in [-0.4, -0.2) is 50.9 Å². The topological polar surface area (TPSA) is 96.0 Å². The molecule has 0 bridgehead atoms. The molecule has 0 aliphatic heterocycles. The number of benzene rings is 4. The molecule has 1 atom stereocenters. The van der Waals surface area contributed by atoms with Crippen molar-refractivity contribution < 1.29 is 27.1 Å². The van der Waals surface area contributed by atoms with E-state index < -0.39 is 40.2 Å². The third-order valence-corrected chi connectivity index (χ3v) is 9.04. The Morgan fingerprint density at radius 2 is 1.51 bits per heavy atom. The maximum Gasteiger partial charge on any atom is 0.264 e. The van der Waals surface area contributed by atoms with Crippen LogP contribution in [0.25, 0.3) is 0 Å². The van der Waals surface area contributed by atoms with Crippen LogP contribution in [0.2, 0.25) is 5.02 Å². The lowest BCUT2D eigenvalue weighted by Gasteiger charge is -2.33. The molecular formula is C34H35ClFN3O5S. The van der Waals surface area contributed by atoms with Crippen molar-refractivity contribution in [2.75, 3.05) is 24.0 Å². The molecule has 0 aromatic heterocycles. The van der Waals surface area contributed by atoms with Crippen LogP contribution in [0.5, 0.6) is 5.75 Å². The summed E-state index contributed by atoms with van der Waals surface area (Å²) in [5.41, 5.74) is 1.60. The van der Waals surface area contributed by atoms with Gasteiger partial charge in [0.2, 0.25) is 11.8 Å². The second-order valence-corrected chi connectivity index (χ2v) is 12.4. The van der Waals surface area contributed by atoms with Gasteiger partial charge in [-0.1, -0.05) is 54.1 Å². The fourth-order valence-electron chi connectivity index (χ4n) is 4.77. The monoisotopic (exact) mass is 651 g/mol. The number of sulfonamides is 1. The second-order valence-electron chi connectivity index (χ2n) is 10.1. The molecule has 11 heteroatoms. The van der Waals surface area contributed by atoms with Crippen LogP contribution in [0, 0.1) is 5.82 Å². The largest absolute Gasteiger partial charge is 0.494 e. The highest BCUT2D eigenvalue weighted by molar-refractivity contribution is 7.92. The molecule has 0 fully saturated rings. The van der Waals surface area contributed by atoms with Crippen molar-refractivity contribution in [2.45, 2.75) is 37.8 Å². The Labute approximate surface area is 268 Å². The second kappa shape index (κ2) is 15.5. The number of rotatable bonds is 14. The van der Waals surface area contributed by atoms with E-state index in [2.05, 4.69) is 5.32 Å². The number of likely N-dealkylation sites (N-methyl/N-ethyl adjacent to an activating group) is 1. The number of hydrogen-bond donors (Lipinski definition) is 1. The highest BCUT2D eigenvalue weighted by Gasteiger charge is 2.34. The quantitative estimate of drug-likeness (QED) is 0.185. The van der Waals surface area contributed by atoms with Crippen molar-refractivity contribution in [3.05, 3.63) is 125 Å². The summed E-state index contributed by atoms with van der Waals surface area (Å²) in [5, 5.41) is 3.16. The summed E-state index contributed by atoms with van der Waals surface area (Å²) in [4.78, 5) is 29.2. The molecule has 4 aromatic carbocycles. The minimum absolute atomic E-state index is 0.0636. The summed E-state index contributed by atoms with van der Waals surface area (Å²) in [6, 6.07) is 25.8. The van der Waals surface area contributed by atoms with Crippen molar-refractivity contribution in [1.82, 2.24) is 10.2 Å². The van der Waals surface area contributed by atoms with Crippen molar-refractivity contribution in [3.63, 3.8) is 0 Å². The molecule has 0 radical (unpaired) electrons. The highest BCUT2D eigenvalue weighted by Crippen LogP contribution is 2.28. The summed E-state index contributed by atoms with van der Waals surface area (Å²) in [6.07, 6.45) is 0.173. The first-order valence-corrected chi connectivity index (χ1v) is 16.3. The van der Waals surface area contributed by atoms with Gasteiger partial charge >= 0.3 is 0 Å². The smallest absolute Gasteiger partial charge is 0.264 e. The first kappa shape index (κ1) is 33.5. The number of halogens is 2. The van der Waals surface area contributed by atoms with Crippen LogP contribution < -0.4 is 14.4 Å². The van der Waals surface area contributed by atoms with Gasteiger partial charge in [-0.3, -0.25) is 13.9 Å². The Kier molecular flexibility index (Phi) is 11.6. The van der Waals surface area contributed by atoms with Crippen LogP contribution in [0.1, 0.15) is 25.0 Å². The third kappa shape index (κ3) is 8.83. The molecule has 0 aliphatic carbocycles. The van der Waals surface area contributed by atoms with E-state index in [4.69, 9.17) is 16.3 Å². The van der Waals surface area contributed by atoms with Gasteiger partial charge in [0.05, 0.1) is 17.2 Å². The first-order chi connectivity index (χ1) is 21.6. The zero-order valence-electron chi connectivity index (χ0n) is 25.0. The van der Waals surface area contributed by atoms with Gasteiger partial charge in [0.1, 0.15) is 24.2 Å². The zero-order chi connectivity index (χ0) is 32.4. The average Bonchev–Trinajstić information content (AvgIpc) is 3.03. The average molecular weight is 652 g/mol. The van der Waals surface area contributed by atoms with Gasteiger partial charge in [-0.05, 0) is 85.6 Å². The molecule has 0 aliphatic rings. The fourth-order valence-corrected chi connectivity index (χ4v) is 6.31. The normalized spacial score (nSPS) is 11.8. The first-order valence-electron chi connectivity index (χ1n) is 14.5. The van der Waals surface area contributed by atoms with Crippen LogP contribution in [0.3, 0.4) is 0 Å². The van der Waals surface area contributed by atoms with E-state index >= 15 is 0 Å². The molecule has 2 amide bonds. The Bertz CT molecular complexity index is 1670. The standard InChI is InChI=1S/C34H35ClFN3O5S/c1-3-37-34(41)32(22-25-8-6-5-7-9-25)38(23-26-10-14-28(36)15-11-26)33(40)24-39(29-16-18-30(19-17-29)44-4-2)45(42,43)31-20-12-27(35)13-21-31/h5-21,32H,3-4,22-24H2,1-2H3,(H,37,41)/t32-/m0/s1. The molecule has 8 nitrogen and oxygen atoms in total. The van der Waals surface area contributed by atoms with Crippen LogP contribution in [0.15, 0.2) is 108 Å². The summed E-state index contributed by atoms with van der Waals surface area (Å²) in [5.74, 6) is -0.937. The molecule has 45 heavy (non-hydrogen) atoms. The molecule has 0 saturated heterocycles. The predicted octanol–water partition coefficient (Wildman–Crippen LogP) is 5.85. The third-order valence-electron chi connectivity index (χ3n) is 7.00. The van der Waals surface area contributed by atoms with Crippen molar-refractivity contribution in [3.8, 4) is 5.75 Å². The number of anilines is 1. The van der Waals surface area contributed by atoms with E-state index in [1.54, 1.807) is 31.2 Å². The fraction of sp³-hybridized carbons (Fsp3) is 0.235. The number of amides is 2. The highest BCUT2D eigenvalue weighted by atomic mass is 35.5. The Morgan fingerprint density at radius 3 is 2.11 bits per heavy atom. The number of nitrogens with zero attached hydrogens (tertiary/aromatic N) is 2. The van der Waals surface area contributed by atoms with Crippen molar-refractivity contribution >= 4 is 39.1 Å². The molecule has 4 aromatic rings. The van der Waals surface area contributed by atoms with E-state index in [1.807, 2.05) is 37.3 Å². The lowest BCUT2D eigenvalue weighted by atomic mass is 10.0. The summed E-state index contributed by atoms with van der Waals surface area (Å²) in [7, 11) is -4.28. The van der Waals surface area contributed by atoms with Gasteiger partial charge in [0.25, 0.3) is 10.0 Å². The van der Waals surface area contributed by atoms with Gasteiger partial charge in [-0.25, -0.2) is 12.8 Å². The van der Waals surface area contributed by atoms with Gasteiger partial charge in [-0.15, -0.1) is 0 Å². The lowest BCUT2D eigenvalue weighted by molar-refractivity contribution is -0.140. The summed E-state index contributed by atoms with van der Waals surface area (Å²) >= 11 is 6.03. The Morgan fingerprint density at radius 1 is 0.867 bits per heavy atom. The maximum absolute atomic E-state index is 14.4. The van der Waals surface area contributed by atoms with Gasteiger partial charge in [0, 0.05) is 24.5 Å². The number of carbonyl (C=O) groups is 2. The van der Waals surface area contributed by atoms with E-state index in [0.29, 0.717) is 29.5 Å². The molecule has 0 unspecified atom stereocenters. The van der Waals surface area contributed by atoms with E-state index in [9.17, 15) is 22.4 Å². The van der Waals surface area contributed by atoms with E-state index in [-0.39, 0.29) is 23.5 Å². The molecule has 4 rings (SSSR count). The molecule has 0 spiro atoms. The zero-order valence-corrected chi connectivity index (χ0v) is 26.6. The Hall–Kier alpha value is -4.41. The van der Waals surface area contributed by atoms with Crippen molar-refractivity contribution in [2.24, 2.45) is 0 Å². The maximum atomic E-state index is 14.4. The van der Waals surface area contributed by atoms with Crippen LogP contribution in [-0.2, 0) is 32.6 Å². The van der Waals surface area contributed by atoms with Crippen molar-refractivity contribution in [1.29, 1.82) is 0 Å². The summed E-state index contributed by atoms with van der Waals surface area (Å²) in [6.45, 7) is 3.67. The Balaban J connectivity index is 1.79. The number of nitrogens with one attached hydrogen (secondary N) is 1. The number of ether oxygens (including phenoxy) is 1. The molecular weight excluding hydrogens is 617 g/mol. The molecule has 1 N–H and O–H groups in total. The van der Waals surface area contributed by atoms with Crippen LogP contribution in [0.4, 0.5) is 10.1 Å². The number of carbonyl (C=O) groups excluding carboxylic acids is 2. The SMILES string of the molecule is CCNC(=O)[C@H](Cc1ccccc1)N(Cc1ccc(F)cc1)C(=O)CN(c1ccc(OCC)cc1)S(=O)(=O)c1ccc(Cl)cc1. The van der Waals surface area contributed by atoms with E-state index in [1.165, 1.54) is 53.4 Å². The van der Waals surface area contributed by atoms with Gasteiger partial charge < -0.3 is 15.0 Å². The minimum Gasteiger partial charge on any atom is -0.494 e. The van der Waals surface area contributed by atoms with Gasteiger partial charge in [0.15, 0.2) is 0 Å². The van der Waals surface area contributed by atoms with E-state index in [0.717, 1.165) is 9.87 Å². The summed E-state index contributed by atoms with van der Waals surface area (Å²) < 4.78 is 48.4.